The molecule has 0 amide bonds. The molecule has 3 heterocycles. The van der Waals surface area contributed by atoms with Gasteiger partial charge in [0.2, 0.25) is 0 Å². The van der Waals surface area contributed by atoms with Crippen LogP contribution in [0, 0.1) is 0 Å². The zero-order chi connectivity index (χ0) is 101. The van der Waals surface area contributed by atoms with E-state index in [2.05, 4.69) is 431 Å². The van der Waals surface area contributed by atoms with Crippen molar-refractivity contribution in [1.29, 1.82) is 0 Å². The predicted octanol–water partition coefficient (Wildman–Crippen LogP) is 37.2. The van der Waals surface area contributed by atoms with Crippen molar-refractivity contribution in [3.05, 3.63) is 437 Å². The highest BCUT2D eigenvalue weighted by Gasteiger charge is 2.25. The Morgan fingerprint density at radius 3 is 0.769 bits per heavy atom. The van der Waals surface area contributed by atoms with Gasteiger partial charge in [-0.3, -0.25) is 0 Å². The molecule has 121 heavy (non-hydrogen) atoms. The molecule has 3 aromatic heterocycles. The molecule has 0 aliphatic rings. The molecule has 24 rings (SSSR count). The van der Waals surface area contributed by atoms with Gasteiger partial charge >= 0.3 is 0 Å². The van der Waals surface area contributed by atoms with E-state index in [-0.39, 0.29) is 0 Å². The van der Waals surface area contributed by atoms with Crippen LogP contribution in [0.3, 0.4) is 0 Å². The zero-order valence-electron chi connectivity index (χ0n) is 87.8. The monoisotopic (exact) mass is 1590 g/mol. The van der Waals surface area contributed by atoms with Crippen molar-refractivity contribution in [1.82, 2.24) is 0 Å². The molecule has 0 N–H and O–H groups in total. The lowest BCUT2D eigenvalue weighted by atomic mass is 9.85. The van der Waals surface area contributed by atoms with E-state index < -0.39 is 0 Å². The van der Waals surface area contributed by atoms with Crippen molar-refractivity contribution >= 4 is 130 Å². The summed E-state index contributed by atoms with van der Waals surface area (Å²) in [5.74, 6) is 0. The Labute approximate surface area is 735 Å². The van der Waals surface area contributed by atoms with E-state index in [0.29, 0.717) is 0 Å². The van der Waals surface area contributed by atoms with Crippen molar-refractivity contribution in [2.24, 2.45) is 0 Å². The topological polar surface area (TPSA) is 39.4 Å². The molecule has 0 spiro atoms. The van der Waals surface area contributed by atoms with Gasteiger partial charge in [0.15, 0.2) is 0 Å². The van der Waals surface area contributed by atoms with Crippen LogP contribution >= 0.6 is 0 Å². The molecular formula is C118H104O3. The molecule has 0 aliphatic heterocycles. The summed E-state index contributed by atoms with van der Waals surface area (Å²) in [4.78, 5) is 0. The van der Waals surface area contributed by atoms with Crippen LogP contribution < -0.4 is 0 Å². The summed E-state index contributed by atoms with van der Waals surface area (Å²) in [7, 11) is 5.00. The van der Waals surface area contributed by atoms with Gasteiger partial charge in [0.25, 0.3) is 0 Å². The van der Waals surface area contributed by atoms with E-state index in [4.69, 9.17) is 42.5 Å². The van der Waals surface area contributed by atoms with E-state index in [1.807, 2.05) is 6.07 Å². The van der Waals surface area contributed by atoms with Crippen LogP contribution in [0.2, 0.25) is 0 Å². The van der Waals surface area contributed by atoms with E-state index in [9.17, 15) is 0 Å². The van der Waals surface area contributed by atoms with Crippen molar-refractivity contribution in [3.63, 3.8) is 0 Å². The minimum Gasteiger partial charge on any atom is -0.456 e. The molecule has 0 fully saturated rings. The van der Waals surface area contributed by atoms with Crippen LogP contribution in [0.1, 0.15) is 58.9 Å². The minimum absolute atomic E-state index is 0.908. The fourth-order valence-electron chi connectivity index (χ4n) is 18.6. The molecule has 0 atom stereocenters. The van der Waals surface area contributed by atoms with Crippen molar-refractivity contribution in [2.45, 2.75) is 29.6 Å². The average molecular weight is 1590 g/mol. The number of hydrogen-bond donors (Lipinski definition) is 0. The molecule has 0 saturated carbocycles. The smallest absolute Gasteiger partial charge is 0.143 e. The third kappa shape index (κ3) is 13.2. The quantitative estimate of drug-likeness (QED) is 0.135. The number of para-hydroxylation sites is 2. The van der Waals surface area contributed by atoms with Gasteiger partial charge in [0, 0.05) is 78.2 Å². The normalized spacial score (nSPS) is 12.0. The summed E-state index contributed by atoms with van der Waals surface area (Å²) in [6.07, 6.45) is 0. The highest BCUT2D eigenvalue weighted by molar-refractivity contribution is 6.27. The second kappa shape index (κ2) is 32.6. The average Bonchev–Trinajstić information content (AvgIpc) is 1.70. The van der Waals surface area contributed by atoms with Crippen molar-refractivity contribution in [3.8, 4) is 100 Å². The summed E-state index contributed by atoms with van der Waals surface area (Å²) in [6.45, 7) is 0. The molecule has 24 aromatic rings. The molecule has 0 saturated heterocycles. The Bertz CT molecular complexity index is 7680. The van der Waals surface area contributed by atoms with E-state index in [1.165, 1.54) is 172 Å². The summed E-state index contributed by atoms with van der Waals surface area (Å²) < 4.78 is 123. The lowest BCUT2D eigenvalue weighted by Crippen LogP contribution is -1.91. The minimum atomic E-state index is 0.908. The van der Waals surface area contributed by atoms with Crippen LogP contribution in [0.25, 0.3) is 231 Å². The van der Waals surface area contributed by atoms with Gasteiger partial charge in [-0.2, -0.15) is 0 Å². The number of hydrogen-bond acceptors (Lipinski definition) is 3. The Hall–Kier alpha value is -15.4. The number of rotatable bonds is 9. The first-order chi connectivity index (χ1) is 70.1. The molecule has 0 radical (unpaired) electrons. The fourth-order valence-corrected chi connectivity index (χ4v) is 18.6. The maximum atomic E-state index is 6.71. The lowest BCUT2D eigenvalue weighted by molar-refractivity contribution is 0.669. The maximum Gasteiger partial charge on any atom is 0.143 e. The molecular weight excluding hydrogens is 1470 g/mol. The van der Waals surface area contributed by atoms with Crippen LogP contribution in [0.5, 0.6) is 0 Å². The largest absolute Gasteiger partial charge is 0.456 e. The number of furan rings is 3. The third-order valence-corrected chi connectivity index (χ3v) is 23.6. The van der Waals surface area contributed by atoms with Gasteiger partial charge in [-0.25, -0.2) is 0 Å². The Morgan fingerprint density at radius 2 is 0.397 bits per heavy atom. The number of fused-ring (bicyclic) bond motifs is 15. The molecule has 21 aromatic carbocycles. The molecule has 0 aliphatic carbocycles. The van der Waals surface area contributed by atoms with Gasteiger partial charge in [-0.05, 0) is 184 Å². The fraction of sp³-hybridized carbons (Fsp3) is 0.0339. The van der Waals surface area contributed by atoms with Crippen molar-refractivity contribution in [2.75, 3.05) is 0 Å². The Kier molecular flexibility index (Phi) is 17.2. The van der Waals surface area contributed by atoms with Gasteiger partial charge in [-0.1, -0.05) is 430 Å². The first-order valence-electron chi connectivity index (χ1n) is 52.1. The van der Waals surface area contributed by atoms with Gasteiger partial charge < -0.3 is 13.3 Å². The maximum absolute atomic E-state index is 6.71. The lowest BCUT2D eigenvalue weighted by Gasteiger charge is -2.17. The standard InChI is InChI=1S/3C38H24O.4CH4.8H2/c1-3-13-25(14-4-1)27-21-12-24-34-37(27)33-23-11-22-32(38(33)39-34)36-30-19-9-7-17-28(30)35(26-15-5-2-6-16-26)29-18-8-10-20-31(29)36;1-3-12-25(13-4-1)28-20-11-21-34-29-23-22-27(24-35(29)39-38(28)34)37-32-18-9-7-16-30(32)36(26-14-5-2-6-15-26)31-17-8-10-19-33(31)37;1-3-12-25(13-4-1)28-20-11-21-34-38(28)33-23-22-27(24-35(33)39-34)37-31-18-9-7-16-29(31)36(26-14-5-2-6-15-26)30-17-8-10-19-32(30)37;;;;;;;;;;;;/h3*1-24H;4*1H4;8*1H/i;;;4*1D;8*1+1D. The summed E-state index contributed by atoms with van der Waals surface area (Å²) in [5, 5.41) is 21.9. The summed E-state index contributed by atoms with van der Waals surface area (Å²) in [5.41, 5.74) is 27.2. The zero-order valence-corrected chi connectivity index (χ0v) is 67.8. The van der Waals surface area contributed by atoms with Crippen LogP contribution in [0.15, 0.2) is 450 Å². The SMILES string of the molecule is [2H]C.[2H]C.[2H]C.[2H]C.[2H][2H].[2H][2H].[2H][2H].[2H][2H].[2H][2H].[2H][2H].[2H][2H].[2H][2H].c1ccc(-c2c3ccccc3c(-c3ccc4c(c3)oc3c(-c5ccccc5)cccc34)c3ccccc23)cc1.c1ccc(-c2c3ccccc3c(-c3ccc4c(c3)oc3cccc(-c5ccccc5)c34)c3ccccc23)cc1.c1ccc(-c2c3ccccc3c(-c3cccc4c3oc3cccc(-c5ccccc5)c34)c3ccccc23)cc1. The van der Waals surface area contributed by atoms with Gasteiger partial charge in [-0.15, -0.1) is 0 Å². The van der Waals surface area contributed by atoms with Crippen LogP contribution in [0.4, 0.5) is 0 Å². The van der Waals surface area contributed by atoms with E-state index in [0.717, 1.165) is 88.2 Å². The molecule has 0 unspecified atom stereocenters. The molecule has 0 bridgehead atoms. The van der Waals surface area contributed by atoms with Crippen molar-refractivity contribution < 1.29 is 42.5 Å². The summed E-state index contributed by atoms with van der Waals surface area (Å²) in [6, 6.07) is 156. The predicted molar refractivity (Wildman–Crippen MR) is 539 cm³/mol. The second-order valence-electron chi connectivity index (χ2n) is 30.2. The molecule has 3 heteroatoms. The first-order valence-corrected chi connectivity index (χ1v) is 40.1. The molecule has 594 valence electrons. The van der Waals surface area contributed by atoms with Gasteiger partial charge in [0.05, 0.1) is 0 Å². The second-order valence-corrected chi connectivity index (χ2v) is 30.2. The van der Waals surface area contributed by atoms with E-state index >= 15 is 0 Å². The third-order valence-electron chi connectivity index (χ3n) is 23.6. The summed E-state index contributed by atoms with van der Waals surface area (Å²) >= 11 is 0. The van der Waals surface area contributed by atoms with Crippen LogP contribution in [-0.2, 0) is 0 Å². The first kappa shape index (κ1) is 63.8. The highest BCUT2D eigenvalue weighted by Crippen LogP contribution is 2.51. The van der Waals surface area contributed by atoms with Crippen LogP contribution in [-0.4, -0.2) is 0 Å². The van der Waals surface area contributed by atoms with E-state index in [1.54, 1.807) is 0 Å². The van der Waals surface area contributed by atoms with Gasteiger partial charge in [0.1, 0.15) is 33.5 Å². The highest BCUT2D eigenvalue weighted by atomic mass is 16.3. The molecule has 3 nitrogen and oxygen atoms in total. The Morgan fingerprint density at radius 1 is 0.157 bits per heavy atom. The number of benzene rings is 21. The Balaban J connectivity index is 0.000000196.